The molecule has 0 amide bonds. The Morgan fingerprint density at radius 1 is 1.38 bits per heavy atom. The highest BCUT2D eigenvalue weighted by atomic mass is 32.2. The van der Waals surface area contributed by atoms with Crippen LogP contribution >= 0.6 is 11.8 Å². The van der Waals surface area contributed by atoms with Crippen molar-refractivity contribution in [3.8, 4) is 0 Å². The average molecular weight is 304 g/mol. The highest BCUT2D eigenvalue weighted by Gasteiger charge is 2.28. The van der Waals surface area contributed by atoms with E-state index in [1.807, 2.05) is 16.9 Å². The predicted molar refractivity (Wildman–Crippen MR) is 81.0 cm³/mol. The molecule has 0 unspecified atom stereocenters. The number of nitrogens with zero attached hydrogens (tertiary/aromatic N) is 5. The van der Waals surface area contributed by atoms with E-state index < -0.39 is 0 Å². The Bertz CT molecular complexity index is 575. The van der Waals surface area contributed by atoms with Gasteiger partial charge in [-0.25, -0.2) is 9.67 Å². The molecule has 1 aliphatic rings. The van der Waals surface area contributed by atoms with Gasteiger partial charge in [0.1, 0.15) is 5.03 Å². The lowest BCUT2D eigenvalue weighted by Crippen LogP contribution is -2.18. The van der Waals surface area contributed by atoms with Crippen LogP contribution in [0.5, 0.6) is 0 Å². The molecule has 0 saturated heterocycles. The van der Waals surface area contributed by atoms with E-state index >= 15 is 0 Å². The number of pyridine rings is 1. The van der Waals surface area contributed by atoms with Gasteiger partial charge in [0.15, 0.2) is 0 Å². The number of rotatable bonds is 7. The zero-order valence-electron chi connectivity index (χ0n) is 12.4. The lowest BCUT2D eigenvalue weighted by Gasteiger charge is -2.07. The van der Waals surface area contributed by atoms with Gasteiger partial charge in [-0.3, -0.25) is 0 Å². The van der Waals surface area contributed by atoms with Crippen LogP contribution in [0.3, 0.4) is 0 Å². The maximum atomic E-state index is 4.49. The van der Waals surface area contributed by atoms with Crippen molar-refractivity contribution in [1.29, 1.82) is 0 Å². The van der Waals surface area contributed by atoms with Crippen LogP contribution in [-0.4, -0.2) is 31.7 Å². The van der Waals surface area contributed by atoms with Gasteiger partial charge in [-0.2, -0.15) is 0 Å². The highest BCUT2D eigenvalue weighted by Crippen LogP contribution is 2.37. The summed E-state index contributed by atoms with van der Waals surface area (Å²) in [6.45, 7) is 6.28. The van der Waals surface area contributed by atoms with E-state index in [-0.39, 0.29) is 0 Å². The average Bonchev–Trinajstić information content (AvgIpc) is 3.21. The largest absolute Gasteiger partial charge is 0.312 e. The Balaban J connectivity index is 1.57. The maximum absolute atomic E-state index is 4.49. The van der Waals surface area contributed by atoms with Crippen molar-refractivity contribution in [3.63, 3.8) is 0 Å². The van der Waals surface area contributed by atoms with Gasteiger partial charge in [0, 0.05) is 12.7 Å². The van der Waals surface area contributed by atoms with Gasteiger partial charge < -0.3 is 5.32 Å². The summed E-state index contributed by atoms with van der Waals surface area (Å²) in [5, 5.41) is 17.1. The fraction of sp³-hybridized carbons (Fsp3) is 0.571. The fourth-order valence-corrected chi connectivity index (χ4v) is 2.76. The normalized spacial score (nSPS) is 14.8. The van der Waals surface area contributed by atoms with E-state index in [9.17, 15) is 0 Å². The summed E-state index contributed by atoms with van der Waals surface area (Å²) in [4.78, 5) is 4.49. The first kappa shape index (κ1) is 14.5. The SMILES string of the molecule is CC(C)CNCc1ccc(Sc2nnnn2C2CC2)nc1. The summed E-state index contributed by atoms with van der Waals surface area (Å²) in [6, 6.07) is 4.62. The molecule has 1 aliphatic carbocycles. The summed E-state index contributed by atoms with van der Waals surface area (Å²) in [6.07, 6.45) is 4.26. The van der Waals surface area contributed by atoms with Crippen LogP contribution in [0, 0.1) is 5.92 Å². The topological polar surface area (TPSA) is 68.5 Å². The van der Waals surface area contributed by atoms with E-state index in [1.54, 1.807) is 0 Å². The van der Waals surface area contributed by atoms with Gasteiger partial charge >= 0.3 is 0 Å². The van der Waals surface area contributed by atoms with Crippen LogP contribution in [0.4, 0.5) is 0 Å². The molecule has 7 heteroatoms. The molecule has 21 heavy (non-hydrogen) atoms. The number of nitrogens with one attached hydrogen (secondary N) is 1. The molecule has 2 aromatic rings. The standard InChI is InChI=1S/C14H20N6S/c1-10(2)7-15-8-11-3-6-13(16-9-11)21-14-17-18-19-20(14)12-4-5-12/h3,6,9-10,12,15H,4-5,7-8H2,1-2H3. The third kappa shape index (κ3) is 4.01. The molecule has 1 saturated carbocycles. The van der Waals surface area contributed by atoms with Crippen LogP contribution in [-0.2, 0) is 6.54 Å². The van der Waals surface area contributed by atoms with E-state index in [0.717, 1.165) is 23.3 Å². The first-order valence-corrected chi connectivity index (χ1v) is 8.15. The molecule has 0 aliphatic heterocycles. The van der Waals surface area contributed by atoms with Gasteiger partial charge in [-0.15, -0.1) is 5.10 Å². The second-order valence-electron chi connectivity index (χ2n) is 5.77. The first-order valence-electron chi connectivity index (χ1n) is 7.33. The van der Waals surface area contributed by atoms with Crippen molar-refractivity contribution >= 4 is 11.8 Å². The summed E-state index contributed by atoms with van der Waals surface area (Å²) in [5.41, 5.74) is 1.20. The van der Waals surface area contributed by atoms with Crippen LogP contribution in [0.2, 0.25) is 0 Å². The van der Waals surface area contributed by atoms with Crippen molar-refractivity contribution < 1.29 is 0 Å². The number of aromatic nitrogens is 5. The van der Waals surface area contributed by atoms with E-state index in [2.05, 4.69) is 45.7 Å². The number of hydrogen-bond donors (Lipinski definition) is 1. The zero-order chi connectivity index (χ0) is 14.7. The maximum Gasteiger partial charge on any atom is 0.215 e. The Morgan fingerprint density at radius 2 is 2.24 bits per heavy atom. The van der Waals surface area contributed by atoms with Gasteiger partial charge in [0.05, 0.1) is 6.04 Å². The quantitative estimate of drug-likeness (QED) is 0.846. The molecule has 0 bridgehead atoms. The third-order valence-electron chi connectivity index (χ3n) is 3.23. The van der Waals surface area contributed by atoms with Crippen molar-refractivity contribution in [2.24, 2.45) is 5.92 Å². The number of hydrogen-bond acceptors (Lipinski definition) is 6. The molecule has 1 fully saturated rings. The lowest BCUT2D eigenvalue weighted by atomic mass is 10.2. The summed E-state index contributed by atoms with van der Waals surface area (Å²) in [5.74, 6) is 0.661. The molecule has 112 valence electrons. The Kier molecular flexibility index (Phi) is 4.50. The Hall–Kier alpha value is -1.47. The minimum atomic E-state index is 0.488. The van der Waals surface area contributed by atoms with Gasteiger partial charge in [-0.1, -0.05) is 19.9 Å². The minimum absolute atomic E-state index is 0.488. The number of tetrazole rings is 1. The fourth-order valence-electron chi connectivity index (χ4n) is 1.98. The molecule has 6 nitrogen and oxygen atoms in total. The lowest BCUT2D eigenvalue weighted by molar-refractivity contribution is 0.551. The molecule has 0 atom stereocenters. The molecule has 0 radical (unpaired) electrons. The van der Waals surface area contributed by atoms with Crippen molar-refractivity contribution in [2.45, 2.75) is 49.5 Å². The summed E-state index contributed by atoms with van der Waals surface area (Å²) < 4.78 is 1.91. The molecule has 0 aromatic carbocycles. The van der Waals surface area contributed by atoms with E-state index in [0.29, 0.717) is 12.0 Å². The van der Waals surface area contributed by atoms with E-state index in [4.69, 9.17) is 0 Å². The Labute approximate surface area is 128 Å². The molecular weight excluding hydrogens is 284 g/mol. The van der Waals surface area contributed by atoms with Crippen LogP contribution < -0.4 is 5.32 Å². The first-order chi connectivity index (χ1) is 10.2. The second kappa shape index (κ2) is 6.53. The van der Waals surface area contributed by atoms with Crippen molar-refractivity contribution in [3.05, 3.63) is 23.9 Å². The van der Waals surface area contributed by atoms with Gasteiger partial charge in [0.25, 0.3) is 0 Å². The van der Waals surface area contributed by atoms with Gasteiger partial charge in [-0.05, 0) is 59.1 Å². The van der Waals surface area contributed by atoms with Crippen LogP contribution in [0.25, 0.3) is 0 Å². The van der Waals surface area contributed by atoms with Gasteiger partial charge in [0.2, 0.25) is 5.16 Å². The Morgan fingerprint density at radius 3 is 2.90 bits per heavy atom. The monoisotopic (exact) mass is 304 g/mol. The third-order valence-corrected chi connectivity index (χ3v) is 4.13. The second-order valence-corrected chi connectivity index (χ2v) is 6.76. The molecule has 2 heterocycles. The van der Waals surface area contributed by atoms with Crippen LogP contribution in [0.15, 0.2) is 28.5 Å². The highest BCUT2D eigenvalue weighted by molar-refractivity contribution is 7.99. The van der Waals surface area contributed by atoms with Crippen LogP contribution in [0.1, 0.15) is 38.3 Å². The summed E-state index contributed by atoms with van der Waals surface area (Å²) >= 11 is 1.52. The smallest absolute Gasteiger partial charge is 0.215 e. The molecule has 0 spiro atoms. The van der Waals surface area contributed by atoms with E-state index in [1.165, 1.54) is 30.2 Å². The predicted octanol–water partition coefficient (Wildman–Crippen LogP) is 2.30. The summed E-state index contributed by atoms with van der Waals surface area (Å²) in [7, 11) is 0. The molecule has 1 N–H and O–H groups in total. The molecule has 3 rings (SSSR count). The minimum Gasteiger partial charge on any atom is -0.312 e. The van der Waals surface area contributed by atoms with Crippen molar-refractivity contribution in [2.75, 3.05) is 6.54 Å². The van der Waals surface area contributed by atoms with Crippen molar-refractivity contribution in [1.82, 2.24) is 30.5 Å². The molecule has 2 aromatic heterocycles. The zero-order valence-corrected chi connectivity index (χ0v) is 13.2. The molecular formula is C14H20N6S.